The molecule has 0 bridgehead atoms. The van der Waals surface area contributed by atoms with Gasteiger partial charge in [0, 0.05) is 15.6 Å². The van der Waals surface area contributed by atoms with E-state index in [9.17, 15) is 4.79 Å². The van der Waals surface area contributed by atoms with Gasteiger partial charge in [-0.3, -0.25) is 0 Å². The van der Waals surface area contributed by atoms with Crippen LogP contribution < -0.4 is 4.74 Å². The third-order valence-corrected chi connectivity index (χ3v) is 4.22. The van der Waals surface area contributed by atoms with Crippen molar-refractivity contribution < 1.29 is 14.4 Å². The first-order chi connectivity index (χ1) is 11.9. The summed E-state index contributed by atoms with van der Waals surface area (Å²) in [5.41, 5.74) is 2.24. The Morgan fingerprint density at radius 1 is 1.16 bits per heavy atom. The molecular weight excluding hydrogens is 385 g/mol. The molecule has 1 heterocycles. The molecule has 0 N–H and O–H groups in total. The predicted molar refractivity (Wildman–Crippen MR) is 99.4 cm³/mol. The number of ether oxygens (including phenoxy) is 1. The minimum absolute atomic E-state index is 0.260. The highest BCUT2D eigenvalue weighted by molar-refractivity contribution is 6.36. The standard InChI is InChI=1S/C18H12Cl3NO3/c1-10-15(18(23)25-22-10)7-12-6-14(20)8-16(21)17(12)24-9-11-3-2-4-13(19)5-11/h2-8H,9H2,1H3/b15-7-. The van der Waals surface area contributed by atoms with Crippen molar-refractivity contribution in [1.82, 2.24) is 0 Å². The quantitative estimate of drug-likeness (QED) is 0.503. The fraction of sp³-hybridized carbons (Fsp3) is 0.111. The van der Waals surface area contributed by atoms with Gasteiger partial charge in [0.15, 0.2) is 0 Å². The minimum Gasteiger partial charge on any atom is -0.487 e. The van der Waals surface area contributed by atoms with Crippen molar-refractivity contribution in [1.29, 1.82) is 0 Å². The first-order valence-electron chi connectivity index (χ1n) is 7.28. The second-order valence-electron chi connectivity index (χ2n) is 5.34. The van der Waals surface area contributed by atoms with Crippen molar-refractivity contribution in [3.05, 3.63) is 68.2 Å². The number of rotatable bonds is 4. The van der Waals surface area contributed by atoms with Gasteiger partial charge in [-0.15, -0.1) is 0 Å². The smallest absolute Gasteiger partial charge is 0.367 e. The number of carbonyl (C=O) groups is 1. The summed E-state index contributed by atoms with van der Waals surface area (Å²) in [6, 6.07) is 10.5. The lowest BCUT2D eigenvalue weighted by atomic mass is 10.1. The number of hydrogen-bond acceptors (Lipinski definition) is 4. The number of nitrogens with zero attached hydrogens (tertiary/aromatic N) is 1. The first-order valence-corrected chi connectivity index (χ1v) is 8.42. The number of benzene rings is 2. The Bertz CT molecular complexity index is 906. The van der Waals surface area contributed by atoms with Gasteiger partial charge in [0.05, 0.1) is 16.3 Å². The minimum atomic E-state index is -0.533. The van der Waals surface area contributed by atoms with E-state index in [2.05, 4.69) is 9.99 Å². The first kappa shape index (κ1) is 17.8. The summed E-state index contributed by atoms with van der Waals surface area (Å²) in [6.07, 6.45) is 1.60. The molecule has 0 saturated heterocycles. The number of halogens is 3. The molecule has 7 heteroatoms. The van der Waals surface area contributed by atoms with Crippen LogP contribution in [0.5, 0.6) is 5.75 Å². The summed E-state index contributed by atoms with van der Waals surface area (Å²) in [5, 5.41) is 5.03. The summed E-state index contributed by atoms with van der Waals surface area (Å²) in [4.78, 5) is 16.4. The van der Waals surface area contributed by atoms with Crippen LogP contribution in [0.4, 0.5) is 0 Å². The van der Waals surface area contributed by atoms with Crippen LogP contribution in [0.25, 0.3) is 6.08 Å². The number of carbonyl (C=O) groups excluding carboxylic acids is 1. The molecule has 0 amide bonds. The highest BCUT2D eigenvalue weighted by Gasteiger charge is 2.23. The van der Waals surface area contributed by atoms with Gasteiger partial charge in [0.2, 0.25) is 0 Å². The summed E-state index contributed by atoms with van der Waals surface area (Å²) in [5.74, 6) is -0.125. The van der Waals surface area contributed by atoms with Crippen LogP contribution in [0.3, 0.4) is 0 Å². The average Bonchev–Trinajstić information content (AvgIpc) is 2.86. The Morgan fingerprint density at radius 3 is 2.64 bits per heavy atom. The number of oxime groups is 1. The Kier molecular flexibility index (Phi) is 5.33. The molecule has 2 aromatic carbocycles. The van der Waals surface area contributed by atoms with Crippen molar-refractivity contribution >= 4 is 52.6 Å². The molecule has 0 fully saturated rings. The molecule has 3 rings (SSSR count). The molecule has 0 atom stereocenters. The molecular formula is C18H12Cl3NO3. The zero-order chi connectivity index (χ0) is 18.0. The molecule has 0 aliphatic carbocycles. The van der Waals surface area contributed by atoms with E-state index in [-0.39, 0.29) is 6.61 Å². The molecule has 25 heavy (non-hydrogen) atoms. The topological polar surface area (TPSA) is 47.9 Å². The molecule has 0 saturated carbocycles. The van der Waals surface area contributed by atoms with E-state index in [1.807, 2.05) is 12.1 Å². The molecule has 4 nitrogen and oxygen atoms in total. The van der Waals surface area contributed by atoms with E-state index in [0.717, 1.165) is 5.56 Å². The van der Waals surface area contributed by atoms with E-state index >= 15 is 0 Å². The summed E-state index contributed by atoms with van der Waals surface area (Å²) >= 11 is 18.3. The van der Waals surface area contributed by atoms with Gasteiger partial charge in [-0.05, 0) is 42.8 Å². The van der Waals surface area contributed by atoms with E-state index in [1.54, 1.807) is 37.3 Å². The maximum absolute atomic E-state index is 11.8. The lowest BCUT2D eigenvalue weighted by molar-refractivity contribution is -0.136. The van der Waals surface area contributed by atoms with E-state index in [0.29, 0.717) is 37.7 Å². The van der Waals surface area contributed by atoms with Crippen LogP contribution in [0.1, 0.15) is 18.1 Å². The summed E-state index contributed by atoms with van der Waals surface area (Å²) in [7, 11) is 0. The second kappa shape index (κ2) is 7.48. The Labute approximate surface area is 159 Å². The summed E-state index contributed by atoms with van der Waals surface area (Å²) in [6.45, 7) is 1.94. The molecule has 1 aliphatic heterocycles. The normalized spacial score (nSPS) is 15.3. The molecule has 128 valence electrons. The van der Waals surface area contributed by atoms with E-state index < -0.39 is 5.97 Å². The predicted octanol–water partition coefficient (Wildman–Crippen LogP) is 5.54. The number of hydrogen-bond donors (Lipinski definition) is 0. The maximum Gasteiger partial charge on any atom is 0.367 e. The molecule has 0 unspecified atom stereocenters. The monoisotopic (exact) mass is 395 g/mol. The third kappa shape index (κ3) is 4.15. The van der Waals surface area contributed by atoms with Crippen LogP contribution in [-0.2, 0) is 16.2 Å². The van der Waals surface area contributed by atoms with E-state index in [4.69, 9.17) is 39.5 Å². The van der Waals surface area contributed by atoms with Crippen molar-refractivity contribution in [3.63, 3.8) is 0 Å². The molecule has 2 aromatic rings. The van der Waals surface area contributed by atoms with Crippen molar-refractivity contribution in [2.24, 2.45) is 5.16 Å². The second-order valence-corrected chi connectivity index (χ2v) is 6.62. The van der Waals surface area contributed by atoms with Crippen LogP contribution >= 0.6 is 34.8 Å². The van der Waals surface area contributed by atoms with Crippen LogP contribution in [0.2, 0.25) is 15.1 Å². The van der Waals surface area contributed by atoms with Gasteiger partial charge in [0.1, 0.15) is 12.4 Å². The average molecular weight is 397 g/mol. The van der Waals surface area contributed by atoms with E-state index in [1.165, 1.54) is 0 Å². The van der Waals surface area contributed by atoms with Crippen molar-refractivity contribution in [2.45, 2.75) is 13.5 Å². The highest BCUT2D eigenvalue weighted by atomic mass is 35.5. The maximum atomic E-state index is 11.8. The van der Waals surface area contributed by atoms with Crippen molar-refractivity contribution in [2.75, 3.05) is 0 Å². The van der Waals surface area contributed by atoms with Gasteiger partial charge in [0.25, 0.3) is 0 Å². The lowest BCUT2D eigenvalue weighted by Crippen LogP contribution is -2.03. The lowest BCUT2D eigenvalue weighted by Gasteiger charge is -2.12. The third-order valence-electron chi connectivity index (χ3n) is 3.48. The molecule has 1 aliphatic rings. The fourth-order valence-electron chi connectivity index (χ4n) is 2.30. The van der Waals surface area contributed by atoms with Gasteiger partial charge in [-0.1, -0.05) is 52.1 Å². The zero-order valence-corrected chi connectivity index (χ0v) is 15.3. The molecule has 0 radical (unpaired) electrons. The molecule has 0 aromatic heterocycles. The van der Waals surface area contributed by atoms with Gasteiger partial charge in [-0.25, -0.2) is 4.79 Å². The summed E-state index contributed by atoms with van der Waals surface area (Å²) < 4.78 is 5.86. The fourth-order valence-corrected chi connectivity index (χ4v) is 3.07. The Hall–Kier alpha value is -2.01. The van der Waals surface area contributed by atoms with Crippen LogP contribution in [-0.4, -0.2) is 11.7 Å². The van der Waals surface area contributed by atoms with Gasteiger partial charge in [-0.2, -0.15) is 0 Å². The Morgan fingerprint density at radius 2 is 1.96 bits per heavy atom. The van der Waals surface area contributed by atoms with Crippen LogP contribution in [0.15, 0.2) is 47.1 Å². The van der Waals surface area contributed by atoms with Crippen molar-refractivity contribution in [3.8, 4) is 5.75 Å². The van der Waals surface area contributed by atoms with Gasteiger partial charge >= 0.3 is 5.97 Å². The SMILES string of the molecule is CC1=NOC(=O)/C1=C\c1cc(Cl)cc(Cl)c1OCc1cccc(Cl)c1. The highest BCUT2D eigenvalue weighted by Crippen LogP contribution is 2.35. The molecule has 0 spiro atoms. The van der Waals surface area contributed by atoms with Gasteiger partial charge < -0.3 is 9.57 Å². The largest absolute Gasteiger partial charge is 0.487 e. The zero-order valence-electron chi connectivity index (χ0n) is 13.1. The van der Waals surface area contributed by atoms with Crippen LogP contribution in [0, 0.1) is 0 Å². The Balaban J connectivity index is 1.94.